The Morgan fingerprint density at radius 1 is 0.279 bits per heavy atom. The smallest absolute Gasteiger partial charge is 0.309 e. The van der Waals surface area contributed by atoms with E-state index in [9.17, 15) is 39.5 Å². The number of benzene rings is 11. The van der Waals surface area contributed by atoms with Gasteiger partial charge in [-0.1, -0.05) is 109 Å². The van der Waals surface area contributed by atoms with E-state index in [-0.39, 0.29) is 28.3 Å². The molecular formula is C73H37F6N7. The molecule has 0 bridgehead atoms. The second-order valence-corrected chi connectivity index (χ2v) is 20.6. The second-order valence-electron chi connectivity index (χ2n) is 20.6. The van der Waals surface area contributed by atoms with Gasteiger partial charge in [0, 0.05) is 38.4 Å². The van der Waals surface area contributed by atoms with Crippen LogP contribution in [0.2, 0.25) is 0 Å². The number of aromatic nitrogens is 2. The van der Waals surface area contributed by atoms with E-state index in [4.69, 9.17) is 0 Å². The van der Waals surface area contributed by atoms with E-state index in [1.807, 2.05) is 130 Å². The zero-order chi connectivity index (χ0) is 59.6. The molecule has 13 heteroatoms. The molecule has 0 fully saturated rings. The van der Waals surface area contributed by atoms with Crippen LogP contribution in [0.4, 0.5) is 26.3 Å². The van der Waals surface area contributed by atoms with E-state index in [1.54, 1.807) is 72.8 Å². The van der Waals surface area contributed by atoms with Gasteiger partial charge < -0.3 is 9.13 Å². The lowest BCUT2D eigenvalue weighted by Gasteiger charge is -2.20. The van der Waals surface area contributed by atoms with Crippen LogP contribution in [0.3, 0.4) is 0 Å². The Labute approximate surface area is 487 Å². The fourth-order valence-electron chi connectivity index (χ4n) is 11.9. The summed E-state index contributed by atoms with van der Waals surface area (Å²) in [5, 5.41) is 54.9. The summed E-state index contributed by atoms with van der Waals surface area (Å²) in [7, 11) is 0. The molecule has 2 heterocycles. The van der Waals surface area contributed by atoms with Crippen molar-refractivity contribution in [2.45, 2.75) is 12.4 Å². The SMILES string of the molecule is N#Cc1ccccc1-c1ccc2c(c1)c1cc(-c3ccccc3C#N)ccc1n2-c1ccc(C#N)c(-c2cc(-c3ccc(C(F)(F)F)cc3C(F)(F)F)ccc2-n2c3ccc(-c4ccccc4C#N)cc3c3cc(-c4ccccc4C#N)ccc32)c1. The molecule has 0 radical (unpaired) electrons. The molecule has 0 amide bonds. The molecule has 0 unspecified atom stereocenters. The van der Waals surface area contributed by atoms with E-state index < -0.39 is 29.0 Å². The van der Waals surface area contributed by atoms with Crippen LogP contribution in [0.25, 0.3) is 122 Å². The van der Waals surface area contributed by atoms with Crippen LogP contribution in [0, 0.1) is 56.7 Å². The zero-order valence-corrected chi connectivity index (χ0v) is 44.8. The Kier molecular flexibility index (Phi) is 12.9. The van der Waals surface area contributed by atoms with Crippen LogP contribution in [0.15, 0.2) is 224 Å². The van der Waals surface area contributed by atoms with Gasteiger partial charge in [0.2, 0.25) is 0 Å². The molecule has 0 aliphatic heterocycles. The van der Waals surface area contributed by atoms with Gasteiger partial charge in [-0.3, -0.25) is 0 Å². The molecule has 0 spiro atoms. The molecule has 7 nitrogen and oxygen atoms in total. The zero-order valence-electron chi connectivity index (χ0n) is 44.8. The summed E-state index contributed by atoms with van der Waals surface area (Å²) in [4.78, 5) is 0. The van der Waals surface area contributed by atoms with Crippen molar-refractivity contribution in [3.05, 3.63) is 263 Å². The maximum atomic E-state index is 15.2. The lowest BCUT2D eigenvalue weighted by atomic mass is 9.91. The molecule has 0 aliphatic rings. The summed E-state index contributed by atoms with van der Waals surface area (Å²) in [6.45, 7) is 0. The fourth-order valence-corrected chi connectivity index (χ4v) is 11.9. The number of nitrogens with zero attached hydrogens (tertiary/aromatic N) is 7. The van der Waals surface area contributed by atoms with Crippen molar-refractivity contribution < 1.29 is 26.3 Å². The van der Waals surface area contributed by atoms with Crippen LogP contribution in [0.1, 0.15) is 38.9 Å². The van der Waals surface area contributed by atoms with Gasteiger partial charge in [-0.15, -0.1) is 0 Å². The van der Waals surface area contributed by atoms with Crippen molar-refractivity contribution in [3.8, 4) is 108 Å². The van der Waals surface area contributed by atoms with Gasteiger partial charge in [0.1, 0.15) is 0 Å². The summed E-state index contributed by atoms with van der Waals surface area (Å²) in [5.74, 6) is 0. The topological polar surface area (TPSA) is 129 Å². The van der Waals surface area contributed by atoms with Gasteiger partial charge in [-0.05, 0) is 171 Å². The number of fused-ring (bicyclic) bond motifs is 6. The van der Waals surface area contributed by atoms with Gasteiger partial charge in [-0.25, -0.2) is 0 Å². The molecular weight excluding hydrogens is 1090 g/mol. The average molecular weight is 1130 g/mol. The quantitative estimate of drug-likeness (QED) is 0.140. The van der Waals surface area contributed by atoms with E-state index in [1.165, 1.54) is 12.1 Å². The van der Waals surface area contributed by atoms with Crippen LogP contribution >= 0.6 is 0 Å². The predicted molar refractivity (Wildman–Crippen MR) is 321 cm³/mol. The molecule has 0 atom stereocenters. The van der Waals surface area contributed by atoms with E-state index in [0.29, 0.717) is 106 Å². The normalized spacial score (nSPS) is 11.5. The van der Waals surface area contributed by atoms with Gasteiger partial charge in [-0.2, -0.15) is 52.7 Å². The van der Waals surface area contributed by atoms with Crippen LogP contribution < -0.4 is 0 Å². The maximum absolute atomic E-state index is 15.2. The van der Waals surface area contributed by atoms with Gasteiger partial charge in [0.15, 0.2) is 0 Å². The molecule has 406 valence electrons. The summed E-state index contributed by atoms with van der Waals surface area (Å²) in [6.07, 6.45) is -10.3. The first-order valence-electron chi connectivity index (χ1n) is 26.8. The number of halogens is 6. The predicted octanol–water partition coefficient (Wildman–Crippen LogP) is 19.3. The van der Waals surface area contributed by atoms with Crippen molar-refractivity contribution in [1.29, 1.82) is 26.3 Å². The minimum atomic E-state index is -5.23. The summed E-state index contributed by atoms with van der Waals surface area (Å²) < 4.78 is 92.1. The monoisotopic (exact) mass is 1130 g/mol. The minimum Gasteiger partial charge on any atom is -0.309 e. The lowest BCUT2D eigenvalue weighted by molar-refractivity contribution is -0.142. The third kappa shape index (κ3) is 9.00. The Bertz CT molecular complexity index is 5010. The van der Waals surface area contributed by atoms with Crippen LogP contribution in [-0.4, -0.2) is 9.13 Å². The van der Waals surface area contributed by atoms with Crippen LogP contribution in [0.5, 0.6) is 0 Å². The lowest BCUT2D eigenvalue weighted by Crippen LogP contribution is -2.12. The van der Waals surface area contributed by atoms with Crippen molar-refractivity contribution in [2.75, 3.05) is 0 Å². The first-order chi connectivity index (χ1) is 41.7. The first kappa shape index (κ1) is 53.4. The highest BCUT2D eigenvalue weighted by Gasteiger charge is 2.39. The van der Waals surface area contributed by atoms with Gasteiger partial charge >= 0.3 is 12.4 Å². The molecule has 0 N–H and O–H groups in total. The third-order valence-electron chi connectivity index (χ3n) is 15.8. The van der Waals surface area contributed by atoms with E-state index in [0.717, 1.165) is 28.0 Å². The summed E-state index contributed by atoms with van der Waals surface area (Å²) in [5.41, 5.74) is 8.06. The summed E-state index contributed by atoms with van der Waals surface area (Å²) >= 11 is 0. The van der Waals surface area contributed by atoms with Gasteiger partial charge in [0.05, 0.1) is 97.0 Å². The summed E-state index contributed by atoms with van der Waals surface area (Å²) in [6, 6.07) is 74.6. The highest BCUT2D eigenvalue weighted by atomic mass is 19.4. The van der Waals surface area contributed by atoms with E-state index in [2.05, 4.69) is 30.3 Å². The standard InChI is InChI=1S/C73H37F6N7/c74-72(75,76)53-23-25-59(66(36-53)73(77,78)79)47-22-30-69(86-70-28-20-45(57-15-7-3-11-50(57)40-82)33-64(70)65-34-46(21-29-71(65)86)58-16-8-4-12-51(58)41-83)61(35-47)60-37-54(24-17-52(60)42-84)85-67-26-18-43(55-13-5-1-9-48(55)38-80)31-62(67)63-32-44(19-27-68(63)85)56-14-6-2-10-49(56)39-81/h1-37H. The number of nitriles is 5. The molecule has 0 aliphatic carbocycles. The average Bonchev–Trinajstić information content (AvgIpc) is 1.66. The number of alkyl halides is 6. The number of hydrogen-bond acceptors (Lipinski definition) is 5. The van der Waals surface area contributed by atoms with Crippen molar-refractivity contribution in [3.63, 3.8) is 0 Å². The van der Waals surface area contributed by atoms with Crippen molar-refractivity contribution in [1.82, 2.24) is 9.13 Å². The minimum absolute atomic E-state index is 0.0853. The fraction of sp³-hybridized carbons (Fsp3) is 0.0274. The van der Waals surface area contributed by atoms with E-state index >= 15 is 13.2 Å². The molecule has 13 rings (SSSR count). The Hall–Kier alpha value is -12.0. The van der Waals surface area contributed by atoms with Gasteiger partial charge in [0.25, 0.3) is 0 Å². The molecule has 13 aromatic rings. The molecule has 0 saturated carbocycles. The molecule has 2 aromatic heterocycles. The van der Waals surface area contributed by atoms with Crippen molar-refractivity contribution in [2.24, 2.45) is 0 Å². The maximum Gasteiger partial charge on any atom is 0.417 e. The van der Waals surface area contributed by atoms with Crippen molar-refractivity contribution >= 4 is 43.6 Å². The highest BCUT2D eigenvalue weighted by molar-refractivity contribution is 6.14. The molecule has 11 aromatic carbocycles. The Morgan fingerprint density at radius 2 is 0.640 bits per heavy atom. The largest absolute Gasteiger partial charge is 0.417 e. The first-order valence-corrected chi connectivity index (χ1v) is 26.8. The Morgan fingerprint density at radius 3 is 1.02 bits per heavy atom. The molecule has 86 heavy (non-hydrogen) atoms. The third-order valence-corrected chi connectivity index (χ3v) is 15.8. The Balaban J connectivity index is 1.11. The second kappa shape index (κ2) is 20.8. The number of hydrogen-bond donors (Lipinski definition) is 0. The highest BCUT2D eigenvalue weighted by Crippen LogP contribution is 2.47. The molecule has 0 saturated heterocycles. The number of rotatable bonds is 8. The van der Waals surface area contributed by atoms with Crippen LogP contribution in [-0.2, 0) is 12.4 Å².